The number of nitrogens with zero attached hydrogens (tertiary/aromatic N) is 1. The van der Waals surface area contributed by atoms with Crippen LogP contribution in [0.15, 0.2) is 0 Å². The maximum atomic E-state index is 11.5. The van der Waals surface area contributed by atoms with Crippen molar-refractivity contribution in [2.45, 2.75) is 25.8 Å². The van der Waals surface area contributed by atoms with Crippen molar-refractivity contribution in [1.82, 2.24) is 4.90 Å². The lowest BCUT2D eigenvalue weighted by Crippen LogP contribution is -2.39. The van der Waals surface area contributed by atoms with Crippen LogP contribution in [0, 0.1) is 5.92 Å². The molecule has 80 valence electrons. The zero-order chi connectivity index (χ0) is 10.7. The number of amides is 2. The summed E-state index contributed by atoms with van der Waals surface area (Å²) >= 11 is 0. The molecule has 2 unspecified atom stereocenters. The Bertz CT molecular complexity index is 238. The lowest BCUT2D eigenvalue weighted by atomic mass is 10.1. The van der Waals surface area contributed by atoms with Crippen molar-refractivity contribution in [3.8, 4) is 0 Å². The van der Waals surface area contributed by atoms with Gasteiger partial charge in [0.2, 0.25) is 11.8 Å². The van der Waals surface area contributed by atoms with Gasteiger partial charge in [0.25, 0.3) is 0 Å². The van der Waals surface area contributed by atoms with E-state index in [1.54, 1.807) is 4.90 Å². The van der Waals surface area contributed by atoms with Crippen molar-refractivity contribution in [1.29, 1.82) is 0 Å². The van der Waals surface area contributed by atoms with Gasteiger partial charge in [-0.1, -0.05) is 6.92 Å². The Morgan fingerprint density at radius 3 is 2.79 bits per heavy atom. The predicted octanol–water partition coefficient (Wildman–Crippen LogP) is -0.909. The van der Waals surface area contributed by atoms with Gasteiger partial charge in [-0.25, -0.2) is 0 Å². The third kappa shape index (κ3) is 2.04. The third-order valence-electron chi connectivity index (χ3n) is 2.68. The van der Waals surface area contributed by atoms with Gasteiger partial charge in [-0.15, -0.1) is 0 Å². The largest absolute Gasteiger partial charge is 0.394 e. The van der Waals surface area contributed by atoms with Crippen molar-refractivity contribution in [2.75, 3.05) is 13.2 Å². The van der Waals surface area contributed by atoms with E-state index in [2.05, 4.69) is 0 Å². The van der Waals surface area contributed by atoms with Gasteiger partial charge < -0.3 is 15.7 Å². The summed E-state index contributed by atoms with van der Waals surface area (Å²) in [6.45, 7) is 2.19. The van der Waals surface area contributed by atoms with E-state index in [9.17, 15) is 9.59 Å². The molecule has 3 N–H and O–H groups in total. The molecule has 2 atom stereocenters. The molecule has 0 aliphatic carbocycles. The number of primary amides is 1. The predicted molar refractivity (Wildman–Crippen MR) is 50.2 cm³/mol. The van der Waals surface area contributed by atoms with E-state index in [-0.39, 0.29) is 30.9 Å². The Hall–Kier alpha value is -1.10. The number of hydrogen-bond acceptors (Lipinski definition) is 3. The van der Waals surface area contributed by atoms with Crippen LogP contribution in [0.1, 0.15) is 19.8 Å². The van der Waals surface area contributed by atoms with Crippen molar-refractivity contribution < 1.29 is 14.7 Å². The maximum absolute atomic E-state index is 11.5. The molecule has 0 aromatic heterocycles. The first-order valence-corrected chi connectivity index (χ1v) is 4.79. The average molecular weight is 200 g/mol. The molecule has 0 aromatic rings. The quantitative estimate of drug-likeness (QED) is 0.616. The highest BCUT2D eigenvalue weighted by Gasteiger charge is 2.35. The number of aliphatic hydroxyl groups is 1. The van der Waals surface area contributed by atoms with Crippen molar-refractivity contribution in [3.63, 3.8) is 0 Å². The first kappa shape index (κ1) is 11.0. The Morgan fingerprint density at radius 2 is 2.43 bits per heavy atom. The summed E-state index contributed by atoms with van der Waals surface area (Å²) in [4.78, 5) is 23.9. The Morgan fingerprint density at radius 1 is 1.79 bits per heavy atom. The molecular weight excluding hydrogens is 184 g/mol. The summed E-state index contributed by atoms with van der Waals surface area (Å²) in [5.74, 6) is -0.911. The zero-order valence-electron chi connectivity index (χ0n) is 8.27. The molecule has 0 radical (unpaired) electrons. The molecular formula is C9H16N2O3. The highest BCUT2D eigenvalue weighted by molar-refractivity contribution is 5.88. The maximum Gasteiger partial charge on any atom is 0.223 e. The second-order valence-corrected chi connectivity index (χ2v) is 3.59. The molecule has 1 rings (SSSR count). The minimum atomic E-state index is -0.436. The first-order chi connectivity index (χ1) is 6.60. The molecule has 1 heterocycles. The second kappa shape index (κ2) is 4.41. The van der Waals surface area contributed by atoms with Crippen LogP contribution in [-0.2, 0) is 9.59 Å². The average Bonchev–Trinajstić information content (AvgIpc) is 2.51. The van der Waals surface area contributed by atoms with Crippen LogP contribution in [0.2, 0.25) is 0 Å². The molecule has 1 aliphatic heterocycles. The number of carbonyl (C=O) groups excluding carboxylic acids is 2. The molecule has 5 nitrogen and oxygen atoms in total. The van der Waals surface area contributed by atoms with Crippen LogP contribution in [-0.4, -0.2) is 41.0 Å². The van der Waals surface area contributed by atoms with Crippen LogP contribution < -0.4 is 5.73 Å². The van der Waals surface area contributed by atoms with E-state index in [1.807, 2.05) is 6.92 Å². The summed E-state index contributed by atoms with van der Waals surface area (Å²) < 4.78 is 0. The Balaban J connectivity index is 2.64. The number of rotatable bonds is 4. The summed E-state index contributed by atoms with van der Waals surface area (Å²) in [6, 6.07) is -0.174. The first-order valence-electron chi connectivity index (χ1n) is 4.79. The van der Waals surface area contributed by atoms with E-state index in [0.29, 0.717) is 13.0 Å². The topological polar surface area (TPSA) is 83.6 Å². The molecule has 5 heteroatoms. The monoisotopic (exact) mass is 200 g/mol. The van der Waals surface area contributed by atoms with Gasteiger partial charge in [0, 0.05) is 13.0 Å². The molecule has 0 aromatic carbocycles. The molecule has 1 fully saturated rings. The fourth-order valence-corrected chi connectivity index (χ4v) is 1.72. The van der Waals surface area contributed by atoms with E-state index in [4.69, 9.17) is 10.8 Å². The van der Waals surface area contributed by atoms with Crippen molar-refractivity contribution >= 4 is 11.8 Å². The molecule has 2 amide bonds. The lowest BCUT2D eigenvalue weighted by molar-refractivity contribution is -0.130. The number of hydrogen-bond donors (Lipinski definition) is 2. The number of likely N-dealkylation sites (tertiary alicyclic amines) is 1. The Kier molecular flexibility index (Phi) is 3.46. The number of nitrogens with two attached hydrogens (primary N) is 1. The summed E-state index contributed by atoms with van der Waals surface area (Å²) in [7, 11) is 0. The normalized spacial score (nSPS) is 24.0. The minimum Gasteiger partial charge on any atom is -0.394 e. The van der Waals surface area contributed by atoms with E-state index in [1.165, 1.54) is 0 Å². The molecule has 1 aliphatic rings. The van der Waals surface area contributed by atoms with E-state index >= 15 is 0 Å². The minimum absolute atomic E-state index is 0.0618. The fourth-order valence-electron chi connectivity index (χ4n) is 1.72. The fraction of sp³-hybridized carbons (Fsp3) is 0.778. The van der Waals surface area contributed by atoms with Crippen LogP contribution in [0.25, 0.3) is 0 Å². The molecule has 1 saturated heterocycles. The summed E-state index contributed by atoms with van der Waals surface area (Å²) in [5.41, 5.74) is 5.12. The van der Waals surface area contributed by atoms with E-state index < -0.39 is 5.91 Å². The van der Waals surface area contributed by atoms with Crippen LogP contribution in [0.4, 0.5) is 0 Å². The van der Waals surface area contributed by atoms with Gasteiger partial charge in [0.15, 0.2) is 0 Å². The van der Waals surface area contributed by atoms with Gasteiger partial charge in [0.05, 0.1) is 18.6 Å². The zero-order valence-corrected chi connectivity index (χ0v) is 8.27. The van der Waals surface area contributed by atoms with Gasteiger partial charge in [0.1, 0.15) is 0 Å². The van der Waals surface area contributed by atoms with Gasteiger partial charge in [-0.05, 0) is 6.42 Å². The highest BCUT2D eigenvalue weighted by atomic mass is 16.3. The Labute approximate surface area is 82.9 Å². The van der Waals surface area contributed by atoms with Crippen molar-refractivity contribution in [2.24, 2.45) is 11.7 Å². The lowest BCUT2D eigenvalue weighted by Gasteiger charge is -2.24. The van der Waals surface area contributed by atoms with Crippen LogP contribution in [0.3, 0.4) is 0 Å². The molecule has 0 bridgehead atoms. The van der Waals surface area contributed by atoms with E-state index in [0.717, 1.165) is 0 Å². The summed E-state index contributed by atoms with van der Waals surface area (Å²) in [5, 5.41) is 9.02. The molecule has 0 spiro atoms. The SMILES string of the molecule is CCC(CO)N1CC(C(N)=O)CC1=O. The second-order valence-electron chi connectivity index (χ2n) is 3.59. The van der Waals surface area contributed by atoms with Crippen LogP contribution >= 0.6 is 0 Å². The van der Waals surface area contributed by atoms with Gasteiger partial charge >= 0.3 is 0 Å². The highest BCUT2D eigenvalue weighted by Crippen LogP contribution is 2.20. The van der Waals surface area contributed by atoms with Crippen LogP contribution in [0.5, 0.6) is 0 Å². The van der Waals surface area contributed by atoms with Gasteiger partial charge in [-0.2, -0.15) is 0 Å². The smallest absolute Gasteiger partial charge is 0.223 e. The van der Waals surface area contributed by atoms with Crippen molar-refractivity contribution in [3.05, 3.63) is 0 Å². The molecule has 14 heavy (non-hydrogen) atoms. The summed E-state index contributed by atoms with van der Waals surface area (Å²) in [6.07, 6.45) is 0.875. The third-order valence-corrected chi connectivity index (χ3v) is 2.68. The number of aliphatic hydroxyl groups excluding tert-OH is 1. The standard InChI is InChI=1S/C9H16N2O3/c1-2-7(5-12)11-4-6(9(10)14)3-8(11)13/h6-7,12H,2-5H2,1H3,(H2,10,14). The molecule has 0 saturated carbocycles. The number of carbonyl (C=O) groups is 2. The van der Waals surface area contributed by atoms with Gasteiger partial charge in [-0.3, -0.25) is 9.59 Å².